The zero-order valence-corrected chi connectivity index (χ0v) is 10.9. The Morgan fingerprint density at radius 2 is 2.29 bits per heavy atom. The Morgan fingerprint density at radius 3 is 2.94 bits per heavy atom. The monoisotopic (exact) mass is 251 g/mol. The van der Waals surface area contributed by atoms with Crippen molar-refractivity contribution in [2.75, 3.05) is 18.6 Å². The number of nitrogens with two attached hydrogens (primary N) is 1. The highest BCUT2D eigenvalue weighted by Crippen LogP contribution is 2.22. The molecule has 17 heavy (non-hydrogen) atoms. The molecule has 0 bridgehead atoms. The SMILES string of the molecule is COc1cc(C=CCCSC(C)=O)ccc1N. The van der Waals surface area contributed by atoms with Gasteiger partial charge in [0.15, 0.2) is 5.12 Å². The van der Waals surface area contributed by atoms with Crippen LogP contribution in [0.2, 0.25) is 0 Å². The molecule has 0 unspecified atom stereocenters. The van der Waals surface area contributed by atoms with Crippen molar-refractivity contribution in [1.82, 2.24) is 0 Å². The molecule has 0 heterocycles. The molecule has 0 amide bonds. The van der Waals surface area contributed by atoms with Gasteiger partial charge in [-0.1, -0.05) is 30.0 Å². The van der Waals surface area contributed by atoms with E-state index >= 15 is 0 Å². The van der Waals surface area contributed by atoms with Crippen LogP contribution in [0.5, 0.6) is 5.75 Å². The van der Waals surface area contributed by atoms with E-state index in [0.717, 1.165) is 17.7 Å². The van der Waals surface area contributed by atoms with Crippen molar-refractivity contribution < 1.29 is 9.53 Å². The Balaban J connectivity index is 2.50. The molecule has 92 valence electrons. The summed E-state index contributed by atoms with van der Waals surface area (Å²) < 4.78 is 5.14. The Labute approximate surface area is 106 Å². The van der Waals surface area contributed by atoms with Crippen molar-refractivity contribution in [3.8, 4) is 5.75 Å². The second-order valence-electron chi connectivity index (χ2n) is 3.53. The molecule has 1 rings (SSSR count). The molecule has 0 aromatic heterocycles. The lowest BCUT2D eigenvalue weighted by Crippen LogP contribution is -1.92. The number of ether oxygens (including phenoxy) is 1. The lowest BCUT2D eigenvalue weighted by atomic mass is 10.1. The van der Waals surface area contributed by atoms with Crippen LogP contribution in [-0.4, -0.2) is 18.0 Å². The number of hydrogen-bond donors (Lipinski definition) is 1. The Bertz CT molecular complexity index is 416. The highest BCUT2D eigenvalue weighted by atomic mass is 32.2. The summed E-state index contributed by atoms with van der Waals surface area (Å²) >= 11 is 1.34. The summed E-state index contributed by atoms with van der Waals surface area (Å²) in [6.07, 6.45) is 4.92. The minimum absolute atomic E-state index is 0.160. The predicted octanol–water partition coefficient (Wildman–Crippen LogP) is 2.96. The molecule has 0 saturated heterocycles. The van der Waals surface area contributed by atoms with Crippen LogP contribution in [0.25, 0.3) is 6.08 Å². The number of allylic oxidation sites excluding steroid dienone is 1. The van der Waals surface area contributed by atoms with E-state index in [4.69, 9.17) is 10.5 Å². The smallest absolute Gasteiger partial charge is 0.185 e. The maximum Gasteiger partial charge on any atom is 0.185 e. The van der Waals surface area contributed by atoms with Crippen LogP contribution in [0.1, 0.15) is 18.9 Å². The first-order chi connectivity index (χ1) is 8.13. The molecule has 0 spiro atoms. The fourth-order valence-corrected chi connectivity index (χ4v) is 1.86. The van der Waals surface area contributed by atoms with E-state index < -0.39 is 0 Å². The summed E-state index contributed by atoms with van der Waals surface area (Å²) in [5, 5.41) is 0.160. The number of nitrogen functional groups attached to an aromatic ring is 1. The molecule has 4 heteroatoms. The van der Waals surface area contributed by atoms with Crippen LogP contribution < -0.4 is 10.5 Å². The van der Waals surface area contributed by atoms with Gasteiger partial charge in [0.2, 0.25) is 0 Å². The summed E-state index contributed by atoms with van der Waals surface area (Å²) in [6, 6.07) is 5.65. The number of methoxy groups -OCH3 is 1. The van der Waals surface area contributed by atoms with E-state index in [2.05, 4.69) is 0 Å². The number of anilines is 1. The average molecular weight is 251 g/mol. The molecule has 0 atom stereocenters. The second-order valence-corrected chi connectivity index (χ2v) is 4.80. The molecule has 3 nitrogen and oxygen atoms in total. The topological polar surface area (TPSA) is 52.3 Å². The van der Waals surface area contributed by atoms with Gasteiger partial charge in [0.25, 0.3) is 0 Å². The third-order valence-corrected chi connectivity index (χ3v) is 3.00. The standard InChI is InChI=1S/C13H17NO2S/c1-10(15)17-8-4-3-5-11-6-7-12(14)13(9-11)16-2/h3,5-7,9H,4,8,14H2,1-2H3. The van der Waals surface area contributed by atoms with Gasteiger partial charge < -0.3 is 10.5 Å². The Morgan fingerprint density at radius 1 is 1.53 bits per heavy atom. The average Bonchev–Trinajstić information content (AvgIpc) is 2.30. The maximum absolute atomic E-state index is 10.7. The van der Waals surface area contributed by atoms with E-state index in [0.29, 0.717) is 11.4 Å². The van der Waals surface area contributed by atoms with Crippen LogP contribution in [0.4, 0.5) is 5.69 Å². The fourth-order valence-electron chi connectivity index (χ4n) is 1.32. The maximum atomic E-state index is 10.7. The largest absolute Gasteiger partial charge is 0.495 e. The molecule has 0 aliphatic carbocycles. The summed E-state index contributed by atoms with van der Waals surface area (Å²) in [5.74, 6) is 1.50. The number of rotatable bonds is 5. The third kappa shape index (κ3) is 4.95. The zero-order valence-electron chi connectivity index (χ0n) is 10.1. The summed E-state index contributed by atoms with van der Waals surface area (Å²) in [4.78, 5) is 10.7. The fraction of sp³-hybridized carbons (Fsp3) is 0.308. The molecule has 0 saturated carbocycles. The number of thioether (sulfide) groups is 1. The van der Waals surface area contributed by atoms with E-state index in [1.165, 1.54) is 11.8 Å². The van der Waals surface area contributed by atoms with Crippen molar-refractivity contribution in [3.05, 3.63) is 29.8 Å². The van der Waals surface area contributed by atoms with Crippen LogP contribution in [0.15, 0.2) is 24.3 Å². The molecular weight excluding hydrogens is 234 g/mol. The molecule has 1 aromatic carbocycles. The molecule has 0 aliphatic rings. The summed E-state index contributed by atoms with van der Waals surface area (Å²) in [5.41, 5.74) is 7.40. The number of hydrogen-bond acceptors (Lipinski definition) is 4. The molecule has 0 aliphatic heterocycles. The van der Waals surface area contributed by atoms with E-state index in [-0.39, 0.29) is 5.12 Å². The lowest BCUT2D eigenvalue weighted by molar-refractivity contribution is -0.109. The number of benzene rings is 1. The molecule has 0 fully saturated rings. The van der Waals surface area contributed by atoms with E-state index in [1.807, 2.05) is 30.4 Å². The lowest BCUT2D eigenvalue weighted by Gasteiger charge is -2.04. The first-order valence-electron chi connectivity index (χ1n) is 5.37. The summed E-state index contributed by atoms with van der Waals surface area (Å²) in [6.45, 7) is 1.58. The first-order valence-corrected chi connectivity index (χ1v) is 6.35. The first kappa shape index (κ1) is 13.6. The Hall–Kier alpha value is -1.42. The van der Waals surface area contributed by atoms with E-state index in [1.54, 1.807) is 14.0 Å². The minimum Gasteiger partial charge on any atom is -0.495 e. The normalized spacial score (nSPS) is 10.7. The predicted molar refractivity (Wildman–Crippen MR) is 74.2 cm³/mol. The van der Waals surface area contributed by atoms with Gasteiger partial charge in [0.05, 0.1) is 12.8 Å². The van der Waals surface area contributed by atoms with Gasteiger partial charge in [-0.3, -0.25) is 4.79 Å². The molecular formula is C13H17NO2S. The van der Waals surface area contributed by atoms with Crippen molar-refractivity contribution >= 4 is 28.6 Å². The number of carbonyl (C=O) groups is 1. The van der Waals surface area contributed by atoms with Gasteiger partial charge >= 0.3 is 0 Å². The van der Waals surface area contributed by atoms with Crippen LogP contribution in [-0.2, 0) is 4.79 Å². The number of carbonyl (C=O) groups excluding carboxylic acids is 1. The van der Waals surface area contributed by atoms with Gasteiger partial charge in [-0.25, -0.2) is 0 Å². The Kier molecular flexibility index (Phi) is 5.63. The second kappa shape index (κ2) is 7.01. The summed E-state index contributed by atoms with van der Waals surface area (Å²) in [7, 11) is 1.60. The molecule has 2 N–H and O–H groups in total. The van der Waals surface area contributed by atoms with Gasteiger partial charge in [0, 0.05) is 12.7 Å². The third-order valence-electron chi connectivity index (χ3n) is 2.16. The zero-order chi connectivity index (χ0) is 12.7. The van der Waals surface area contributed by atoms with Gasteiger partial charge in [-0.2, -0.15) is 0 Å². The van der Waals surface area contributed by atoms with Crippen LogP contribution in [0.3, 0.4) is 0 Å². The quantitative estimate of drug-likeness (QED) is 0.645. The van der Waals surface area contributed by atoms with Crippen molar-refractivity contribution in [2.45, 2.75) is 13.3 Å². The van der Waals surface area contributed by atoms with Crippen molar-refractivity contribution in [2.24, 2.45) is 0 Å². The van der Waals surface area contributed by atoms with Gasteiger partial charge in [-0.05, 0) is 24.1 Å². The highest BCUT2D eigenvalue weighted by molar-refractivity contribution is 8.13. The van der Waals surface area contributed by atoms with Crippen LogP contribution >= 0.6 is 11.8 Å². The van der Waals surface area contributed by atoms with Gasteiger partial charge in [-0.15, -0.1) is 0 Å². The van der Waals surface area contributed by atoms with Gasteiger partial charge in [0.1, 0.15) is 5.75 Å². The van der Waals surface area contributed by atoms with Crippen LogP contribution in [0, 0.1) is 0 Å². The highest BCUT2D eigenvalue weighted by Gasteiger charge is 1.98. The van der Waals surface area contributed by atoms with E-state index in [9.17, 15) is 4.79 Å². The van der Waals surface area contributed by atoms with Crippen molar-refractivity contribution in [3.63, 3.8) is 0 Å². The van der Waals surface area contributed by atoms with Crippen molar-refractivity contribution in [1.29, 1.82) is 0 Å². The molecule has 1 aromatic rings. The molecule has 0 radical (unpaired) electrons. The minimum atomic E-state index is 0.160.